The van der Waals surface area contributed by atoms with Gasteiger partial charge >= 0.3 is 0 Å². The Kier molecular flexibility index (Phi) is 4.84. The summed E-state index contributed by atoms with van der Waals surface area (Å²) >= 11 is 0. The Bertz CT molecular complexity index is 1030. The zero-order valence-corrected chi connectivity index (χ0v) is 17.0. The molecule has 5 heteroatoms. The Hall–Kier alpha value is -2.66. The fourth-order valence-corrected chi connectivity index (χ4v) is 4.74. The zero-order chi connectivity index (χ0) is 19.8. The van der Waals surface area contributed by atoms with Gasteiger partial charge in [0.05, 0.1) is 12.2 Å². The number of aromatic nitrogens is 2. The lowest BCUT2D eigenvalue weighted by Gasteiger charge is -2.30. The van der Waals surface area contributed by atoms with Crippen LogP contribution in [-0.4, -0.2) is 40.0 Å². The molecule has 0 saturated carbocycles. The molecular formula is C24H28N4O. The molecular weight excluding hydrogens is 360 g/mol. The number of carbonyl (C=O) groups excluding carboxylic acids is 1. The summed E-state index contributed by atoms with van der Waals surface area (Å²) in [5.41, 5.74) is 5.79. The second-order valence-electron chi connectivity index (χ2n) is 8.47. The summed E-state index contributed by atoms with van der Waals surface area (Å²) < 4.78 is 2.39. The van der Waals surface area contributed by atoms with Gasteiger partial charge in [-0.25, -0.2) is 0 Å². The number of rotatable bonds is 3. The molecule has 5 rings (SSSR count). The van der Waals surface area contributed by atoms with Gasteiger partial charge in [-0.15, -0.1) is 0 Å². The summed E-state index contributed by atoms with van der Waals surface area (Å²) in [5.74, 6) is 0.897. The summed E-state index contributed by atoms with van der Waals surface area (Å²) in [4.78, 5) is 19.7. The summed E-state index contributed by atoms with van der Waals surface area (Å²) in [5, 5.41) is 4.71. The van der Waals surface area contributed by atoms with Crippen LogP contribution < -0.4 is 5.32 Å². The van der Waals surface area contributed by atoms with Crippen molar-refractivity contribution in [2.45, 2.75) is 39.3 Å². The van der Waals surface area contributed by atoms with Crippen LogP contribution in [-0.2, 0) is 19.5 Å². The molecule has 1 N–H and O–H groups in total. The highest BCUT2D eigenvalue weighted by Gasteiger charge is 2.24. The van der Waals surface area contributed by atoms with E-state index in [1.165, 1.54) is 22.2 Å². The first-order valence-corrected chi connectivity index (χ1v) is 10.7. The number of nitrogens with one attached hydrogen (secondary N) is 1. The third kappa shape index (κ3) is 3.44. The predicted octanol–water partition coefficient (Wildman–Crippen LogP) is 3.60. The second kappa shape index (κ2) is 7.64. The second-order valence-corrected chi connectivity index (χ2v) is 8.47. The largest absolute Gasteiger partial charge is 0.339 e. The van der Waals surface area contributed by atoms with E-state index in [9.17, 15) is 4.79 Å². The molecule has 0 atom stereocenters. The molecule has 1 amide bonds. The maximum atomic E-state index is 13.1. The molecule has 3 aromatic rings. The number of hydrogen-bond donors (Lipinski definition) is 1. The van der Waals surface area contributed by atoms with E-state index in [1.807, 2.05) is 29.3 Å². The quantitative estimate of drug-likeness (QED) is 0.746. The van der Waals surface area contributed by atoms with Crippen molar-refractivity contribution >= 4 is 16.8 Å². The van der Waals surface area contributed by atoms with Crippen molar-refractivity contribution in [2.75, 3.05) is 19.6 Å². The fraction of sp³-hybridized carbons (Fsp3) is 0.417. The van der Waals surface area contributed by atoms with Crippen LogP contribution in [0, 0.1) is 5.92 Å². The van der Waals surface area contributed by atoms with E-state index < -0.39 is 0 Å². The minimum atomic E-state index is 0.175. The maximum absolute atomic E-state index is 13.1. The lowest BCUT2D eigenvalue weighted by molar-refractivity contribution is 0.0697. The Labute approximate surface area is 171 Å². The number of piperidine rings is 1. The van der Waals surface area contributed by atoms with Crippen LogP contribution in [0.3, 0.4) is 0 Å². The van der Waals surface area contributed by atoms with Crippen molar-refractivity contribution in [3.63, 3.8) is 0 Å². The normalized spacial score (nSPS) is 17.5. The van der Waals surface area contributed by atoms with Gasteiger partial charge in [0.2, 0.25) is 0 Å². The molecule has 1 aromatic carbocycles. The van der Waals surface area contributed by atoms with Gasteiger partial charge in [0.15, 0.2) is 0 Å². The van der Waals surface area contributed by atoms with E-state index in [0.717, 1.165) is 69.2 Å². The SMILES string of the molecule is CC1CCN(C(=O)c2ccc3c(c2)c2c(n3Cc3ccccn3)CCNC2)CC1. The molecule has 1 fully saturated rings. The summed E-state index contributed by atoms with van der Waals surface area (Å²) in [6.45, 7) is 6.64. The van der Waals surface area contributed by atoms with Crippen LogP contribution in [0.4, 0.5) is 0 Å². The number of pyridine rings is 1. The maximum Gasteiger partial charge on any atom is 0.253 e. The molecule has 0 aliphatic carbocycles. The number of fused-ring (bicyclic) bond motifs is 3. The third-order valence-corrected chi connectivity index (χ3v) is 6.49. The summed E-state index contributed by atoms with van der Waals surface area (Å²) in [7, 11) is 0. The van der Waals surface area contributed by atoms with Crippen LogP contribution in [0.15, 0.2) is 42.6 Å². The molecule has 1 saturated heterocycles. The lowest BCUT2D eigenvalue weighted by atomic mass is 9.98. The van der Waals surface area contributed by atoms with E-state index >= 15 is 0 Å². The number of carbonyl (C=O) groups is 1. The van der Waals surface area contributed by atoms with Crippen LogP contribution in [0.2, 0.25) is 0 Å². The van der Waals surface area contributed by atoms with Crippen LogP contribution in [0.5, 0.6) is 0 Å². The molecule has 5 nitrogen and oxygen atoms in total. The van der Waals surface area contributed by atoms with Crippen LogP contribution >= 0.6 is 0 Å². The highest BCUT2D eigenvalue weighted by molar-refractivity contribution is 5.99. The monoisotopic (exact) mass is 388 g/mol. The fourth-order valence-electron chi connectivity index (χ4n) is 4.74. The van der Waals surface area contributed by atoms with Gasteiger partial charge in [0.25, 0.3) is 5.91 Å². The molecule has 4 heterocycles. The number of nitrogens with zero attached hydrogens (tertiary/aromatic N) is 3. The average molecular weight is 389 g/mol. The van der Waals surface area contributed by atoms with E-state index in [-0.39, 0.29) is 5.91 Å². The van der Waals surface area contributed by atoms with E-state index in [4.69, 9.17) is 0 Å². The minimum Gasteiger partial charge on any atom is -0.339 e. The smallest absolute Gasteiger partial charge is 0.253 e. The van der Waals surface area contributed by atoms with Crippen molar-refractivity contribution < 1.29 is 4.79 Å². The summed E-state index contributed by atoms with van der Waals surface area (Å²) in [6, 6.07) is 12.3. The average Bonchev–Trinajstić information content (AvgIpc) is 3.08. The first kappa shape index (κ1) is 18.4. The third-order valence-electron chi connectivity index (χ3n) is 6.49. The molecule has 2 aromatic heterocycles. The van der Waals surface area contributed by atoms with Gasteiger partial charge in [-0.2, -0.15) is 0 Å². The highest BCUT2D eigenvalue weighted by Crippen LogP contribution is 2.31. The lowest BCUT2D eigenvalue weighted by Crippen LogP contribution is -2.37. The molecule has 2 aliphatic rings. The highest BCUT2D eigenvalue weighted by atomic mass is 16.2. The first-order chi connectivity index (χ1) is 14.2. The van der Waals surface area contributed by atoms with Gasteiger partial charge in [-0.1, -0.05) is 13.0 Å². The zero-order valence-electron chi connectivity index (χ0n) is 17.0. The Morgan fingerprint density at radius 2 is 2.07 bits per heavy atom. The molecule has 2 aliphatic heterocycles. The van der Waals surface area contributed by atoms with Crippen molar-refractivity contribution in [3.8, 4) is 0 Å². The van der Waals surface area contributed by atoms with E-state index in [2.05, 4.69) is 40.0 Å². The molecule has 0 spiro atoms. The summed E-state index contributed by atoms with van der Waals surface area (Å²) in [6.07, 6.45) is 5.07. The van der Waals surface area contributed by atoms with Crippen LogP contribution in [0.1, 0.15) is 47.1 Å². The van der Waals surface area contributed by atoms with Crippen LogP contribution in [0.25, 0.3) is 10.9 Å². The molecule has 0 radical (unpaired) electrons. The molecule has 29 heavy (non-hydrogen) atoms. The van der Waals surface area contributed by atoms with Crippen molar-refractivity contribution in [1.82, 2.24) is 19.8 Å². The van der Waals surface area contributed by atoms with Crippen molar-refractivity contribution in [1.29, 1.82) is 0 Å². The molecule has 150 valence electrons. The van der Waals surface area contributed by atoms with Gasteiger partial charge in [0, 0.05) is 61.0 Å². The molecule has 0 bridgehead atoms. The Morgan fingerprint density at radius 3 is 2.86 bits per heavy atom. The van der Waals surface area contributed by atoms with Gasteiger partial charge in [0.1, 0.15) is 0 Å². The standard InChI is InChI=1S/C24H28N4O/c1-17-8-12-27(13-9-17)24(29)18-5-6-22-20(14-18)21-15-25-11-7-23(21)28(22)16-19-4-2-3-10-26-19/h2-6,10,14,17,25H,7-9,11-13,15-16H2,1H3. The Morgan fingerprint density at radius 1 is 1.21 bits per heavy atom. The van der Waals surface area contributed by atoms with Gasteiger partial charge in [-0.3, -0.25) is 9.78 Å². The van der Waals surface area contributed by atoms with Crippen molar-refractivity contribution in [3.05, 3.63) is 65.1 Å². The van der Waals surface area contributed by atoms with Crippen molar-refractivity contribution in [2.24, 2.45) is 5.92 Å². The first-order valence-electron chi connectivity index (χ1n) is 10.7. The number of amides is 1. The molecule has 0 unspecified atom stereocenters. The Balaban J connectivity index is 1.53. The minimum absolute atomic E-state index is 0.175. The number of hydrogen-bond acceptors (Lipinski definition) is 3. The van der Waals surface area contributed by atoms with Gasteiger partial charge in [-0.05, 0) is 54.7 Å². The number of benzene rings is 1. The topological polar surface area (TPSA) is 50.2 Å². The van der Waals surface area contributed by atoms with E-state index in [0.29, 0.717) is 0 Å². The number of likely N-dealkylation sites (tertiary alicyclic amines) is 1. The predicted molar refractivity (Wildman–Crippen MR) is 115 cm³/mol. The van der Waals surface area contributed by atoms with E-state index in [1.54, 1.807) is 0 Å². The van der Waals surface area contributed by atoms with Gasteiger partial charge < -0.3 is 14.8 Å².